The molecule has 4 aromatic rings. The highest BCUT2D eigenvalue weighted by Gasteiger charge is 2.44. The van der Waals surface area contributed by atoms with Crippen LogP contribution in [0.25, 0.3) is 11.0 Å². The highest BCUT2D eigenvalue weighted by atomic mass is 16.2. The number of imidazole rings is 1. The van der Waals surface area contributed by atoms with Crippen LogP contribution in [0.5, 0.6) is 0 Å². The summed E-state index contributed by atoms with van der Waals surface area (Å²) in [5.41, 5.74) is 3.88. The molecule has 8 heteroatoms. The van der Waals surface area contributed by atoms with Crippen LogP contribution in [-0.4, -0.2) is 42.6 Å². The number of piperidine rings is 1. The summed E-state index contributed by atoms with van der Waals surface area (Å²) in [6.07, 6.45) is 9.82. The minimum Gasteiger partial charge on any atom is -0.306 e. The van der Waals surface area contributed by atoms with Crippen molar-refractivity contribution in [1.29, 1.82) is 0 Å². The number of aromatic amines is 1. The van der Waals surface area contributed by atoms with Gasteiger partial charge in [0, 0.05) is 25.4 Å². The van der Waals surface area contributed by atoms with Gasteiger partial charge in [-0.1, -0.05) is 72.8 Å². The number of carbonyl (C=O) groups excluding carboxylic acids is 1. The lowest BCUT2D eigenvalue weighted by atomic mass is 9.64. The van der Waals surface area contributed by atoms with E-state index in [9.17, 15) is 4.79 Å². The molecule has 0 radical (unpaired) electrons. The van der Waals surface area contributed by atoms with Crippen LogP contribution in [0.3, 0.4) is 0 Å². The van der Waals surface area contributed by atoms with E-state index in [4.69, 9.17) is 4.98 Å². The molecule has 6 rings (SSSR count). The van der Waals surface area contributed by atoms with E-state index >= 15 is 0 Å². The number of hydrogen-bond acceptors (Lipinski definition) is 5. The number of allylic oxidation sites excluding steroid dienone is 4. The standard InChI is InChI=1S/C28H29N7O/c1-2-28(26-30-32-33-31-26)17-10-13-21(25(28)20-11-4-3-5-12-20)19-35-23-15-7-6-14-22(23)29-27(35)34-18-9-8-16-24(34)36/h3-7,10-15,17,25H,2,8-9,16,18-19H2,1H3,(H,30,31,32,33). The molecule has 1 fully saturated rings. The first-order valence-electron chi connectivity index (χ1n) is 12.6. The quantitative estimate of drug-likeness (QED) is 0.433. The van der Waals surface area contributed by atoms with E-state index in [1.807, 2.05) is 29.2 Å². The Balaban J connectivity index is 1.50. The Morgan fingerprint density at radius 3 is 2.69 bits per heavy atom. The van der Waals surface area contributed by atoms with E-state index in [0.29, 0.717) is 25.3 Å². The zero-order valence-electron chi connectivity index (χ0n) is 20.3. The summed E-state index contributed by atoms with van der Waals surface area (Å²) in [6.45, 7) is 3.47. The van der Waals surface area contributed by atoms with Crippen LogP contribution in [0.2, 0.25) is 0 Å². The summed E-state index contributed by atoms with van der Waals surface area (Å²) < 4.78 is 2.20. The summed E-state index contributed by atoms with van der Waals surface area (Å²) in [5.74, 6) is 1.55. The van der Waals surface area contributed by atoms with Gasteiger partial charge in [0.25, 0.3) is 0 Å². The molecule has 1 aliphatic carbocycles. The van der Waals surface area contributed by atoms with Crippen molar-refractivity contribution in [2.75, 3.05) is 11.4 Å². The monoisotopic (exact) mass is 479 g/mol. The van der Waals surface area contributed by atoms with Gasteiger partial charge in [0.2, 0.25) is 11.9 Å². The molecule has 2 aromatic heterocycles. The molecule has 1 aliphatic heterocycles. The van der Waals surface area contributed by atoms with Crippen LogP contribution < -0.4 is 4.90 Å². The first-order chi connectivity index (χ1) is 17.7. The number of para-hydroxylation sites is 2. The molecule has 3 heterocycles. The van der Waals surface area contributed by atoms with Crippen molar-refractivity contribution >= 4 is 22.9 Å². The van der Waals surface area contributed by atoms with Gasteiger partial charge in [-0.25, -0.2) is 4.98 Å². The maximum atomic E-state index is 12.9. The zero-order valence-corrected chi connectivity index (χ0v) is 20.3. The SMILES string of the molecule is CCC1(c2nn[nH]n2)C=CC=C(Cn2c(N3CCCCC3=O)nc3ccccc32)C1c1ccccc1. The van der Waals surface area contributed by atoms with Crippen molar-refractivity contribution in [1.82, 2.24) is 30.2 Å². The fourth-order valence-corrected chi connectivity index (χ4v) is 5.83. The normalized spacial score (nSPS) is 22.2. The van der Waals surface area contributed by atoms with E-state index in [-0.39, 0.29) is 11.8 Å². The average Bonchev–Trinajstić information content (AvgIpc) is 3.59. The summed E-state index contributed by atoms with van der Waals surface area (Å²) >= 11 is 0. The van der Waals surface area contributed by atoms with Crippen LogP contribution in [0.1, 0.15) is 49.9 Å². The van der Waals surface area contributed by atoms with Gasteiger partial charge in [0.05, 0.1) is 16.4 Å². The van der Waals surface area contributed by atoms with Crippen LogP contribution in [0.15, 0.2) is 78.4 Å². The number of hydrogen-bond donors (Lipinski definition) is 1. The first-order valence-corrected chi connectivity index (χ1v) is 12.6. The van der Waals surface area contributed by atoms with Crippen molar-refractivity contribution in [2.24, 2.45) is 0 Å². The molecule has 0 bridgehead atoms. The molecule has 1 amide bonds. The molecule has 2 atom stereocenters. The summed E-state index contributed by atoms with van der Waals surface area (Å²) in [5, 5.41) is 15.4. The number of carbonyl (C=O) groups is 1. The van der Waals surface area contributed by atoms with Crippen LogP contribution >= 0.6 is 0 Å². The van der Waals surface area contributed by atoms with E-state index in [0.717, 1.165) is 36.2 Å². The molecule has 1 saturated heterocycles. The third-order valence-electron chi connectivity index (χ3n) is 7.61. The van der Waals surface area contributed by atoms with Crippen molar-refractivity contribution in [2.45, 2.75) is 50.5 Å². The summed E-state index contributed by atoms with van der Waals surface area (Å²) in [6, 6.07) is 18.7. The topological polar surface area (TPSA) is 92.6 Å². The smallest absolute Gasteiger partial charge is 0.229 e. The number of benzene rings is 2. The number of nitrogens with one attached hydrogen (secondary N) is 1. The molecule has 0 saturated carbocycles. The lowest BCUT2D eigenvalue weighted by Crippen LogP contribution is -2.38. The first kappa shape index (κ1) is 22.4. The lowest BCUT2D eigenvalue weighted by molar-refractivity contribution is -0.119. The molecule has 2 aromatic carbocycles. The highest BCUT2D eigenvalue weighted by molar-refractivity contribution is 5.94. The third-order valence-corrected chi connectivity index (χ3v) is 7.61. The molecule has 0 spiro atoms. The number of anilines is 1. The highest BCUT2D eigenvalue weighted by Crippen LogP contribution is 2.48. The van der Waals surface area contributed by atoms with Crippen LogP contribution in [0, 0.1) is 0 Å². The second-order valence-corrected chi connectivity index (χ2v) is 9.56. The Morgan fingerprint density at radius 2 is 1.92 bits per heavy atom. The predicted molar refractivity (Wildman–Crippen MR) is 138 cm³/mol. The summed E-state index contributed by atoms with van der Waals surface area (Å²) in [7, 11) is 0. The van der Waals surface area contributed by atoms with Crippen molar-refractivity contribution < 1.29 is 4.79 Å². The van der Waals surface area contributed by atoms with Crippen molar-refractivity contribution in [3.63, 3.8) is 0 Å². The van der Waals surface area contributed by atoms with Crippen LogP contribution in [-0.2, 0) is 16.8 Å². The van der Waals surface area contributed by atoms with Gasteiger partial charge in [-0.2, -0.15) is 5.21 Å². The molecular formula is C28H29N7O. The minimum atomic E-state index is -0.448. The molecule has 1 N–H and O–H groups in total. The molecule has 182 valence electrons. The Bertz CT molecular complexity index is 1440. The van der Waals surface area contributed by atoms with Gasteiger partial charge in [0.15, 0.2) is 5.82 Å². The van der Waals surface area contributed by atoms with Crippen molar-refractivity contribution in [3.05, 3.63) is 89.8 Å². The van der Waals surface area contributed by atoms with Gasteiger partial charge >= 0.3 is 0 Å². The second kappa shape index (κ2) is 9.18. The Hall–Kier alpha value is -4.07. The number of fused-ring (bicyclic) bond motifs is 1. The Kier molecular flexibility index (Phi) is 5.71. The second-order valence-electron chi connectivity index (χ2n) is 9.56. The fourth-order valence-electron chi connectivity index (χ4n) is 5.83. The fraction of sp³-hybridized carbons (Fsp3) is 0.321. The molecule has 2 unspecified atom stereocenters. The third kappa shape index (κ3) is 3.64. The molecule has 8 nitrogen and oxygen atoms in total. The molecule has 2 aliphatic rings. The van der Waals surface area contributed by atoms with Crippen LogP contribution in [0.4, 0.5) is 5.95 Å². The van der Waals surface area contributed by atoms with Gasteiger partial charge in [0.1, 0.15) is 0 Å². The predicted octanol–water partition coefficient (Wildman–Crippen LogP) is 4.69. The van der Waals surface area contributed by atoms with Gasteiger partial charge in [-0.05, 0) is 42.5 Å². The molecule has 36 heavy (non-hydrogen) atoms. The Morgan fingerprint density at radius 1 is 1.08 bits per heavy atom. The maximum absolute atomic E-state index is 12.9. The van der Waals surface area contributed by atoms with Gasteiger partial charge < -0.3 is 4.57 Å². The maximum Gasteiger partial charge on any atom is 0.229 e. The lowest BCUT2D eigenvalue weighted by Gasteiger charge is -2.40. The number of amides is 1. The summed E-state index contributed by atoms with van der Waals surface area (Å²) in [4.78, 5) is 19.7. The van der Waals surface area contributed by atoms with Gasteiger partial charge in [-0.15, -0.1) is 10.2 Å². The zero-order chi connectivity index (χ0) is 24.5. The number of tetrazole rings is 1. The number of rotatable bonds is 6. The van der Waals surface area contributed by atoms with E-state index in [1.165, 1.54) is 11.1 Å². The number of aromatic nitrogens is 6. The largest absolute Gasteiger partial charge is 0.306 e. The number of H-pyrrole nitrogens is 1. The average molecular weight is 480 g/mol. The van der Waals surface area contributed by atoms with Crippen molar-refractivity contribution in [3.8, 4) is 0 Å². The van der Waals surface area contributed by atoms with E-state index in [1.54, 1.807) is 0 Å². The minimum absolute atomic E-state index is 0.00244. The Labute approximate surface area is 209 Å². The number of nitrogens with zero attached hydrogens (tertiary/aromatic N) is 6. The molecular weight excluding hydrogens is 450 g/mol. The van der Waals surface area contributed by atoms with E-state index in [2.05, 4.69) is 80.7 Å². The van der Waals surface area contributed by atoms with Gasteiger partial charge in [-0.3, -0.25) is 9.69 Å². The van der Waals surface area contributed by atoms with E-state index < -0.39 is 5.41 Å².